The number of aryl methyl sites for hydroxylation is 1. The number of ether oxygens (including phenoxy) is 1. The first kappa shape index (κ1) is 16.5. The highest BCUT2D eigenvalue weighted by Gasteiger charge is 2.22. The number of unbranched alkanes of at least 4 members (excludes halogenated alkanes) is 1. The molecule has 1 aromatic rings. The van der Waals surface area contributed by atoms with Gasteiger partial charge in [0.1, 0.15) is 5.60 Å². The number of aromatic nitrogens is 2. The van der Waals surface area contributed by atoms with Crippen LogP contribution in [0.5, 0.6) is 0 Å². The summed E-state index contributed by atoms with van der Waals surface area (Å²) in [5, 5.41) is 12.2. The zero-order valence-electron chi connectivity index (χ0n) is 12.7. The number of amides is 1. The minimum atomic E-state index is -0.563. The standard InChI is InChI=1S/C14H25N3O3/c1-5-6-7-17-10-15-8-12(17)11(9-18)16-13(19)20-14(2,3)4/h8,10-11,18H,5-7,9H2,1-4H3,(H,16,19). The van der Waals surface area contributed by atoms with E-state index >= 15 is 0 Å². The monoisotopic (exact) mass is 283 g/mol. The summed E-state index contributed by atoms with van der Waals surface area (Å²) in [6.45, 7) is 8.12. The molecule has 0 aliphatic rings. The topological polar surface area (TPSA) is 76.4 Å². The highest BCUT2D eigenvalue weighted by Crippen LogP contribution is 2.15. The molecule has 0 bridgehead atoms. The first-order valence-electron chi connectivity index (χ1n) is 6.97. The van der Waals surface area contributed by atoms with Gasteiger partial charge in [-0.05, 0) is 27.2 Å². The fraction of sp³-hybridized carbons (Fsp3) is 0.714. The van der Waals surface area contributed by atoms with Crippen LogP contribution in [0.2, 0.25) is 0 Å². The molecule has 0 spiro atoms. The first-order chi connectivity index (χ1) is 9.37. The average Bonchev–Trinajstić information content (AvgIpc) is 2.79. The van der Waals surface area contributed by atoms with Gasteiger partial charge in [0.05, 0.1) is 30.9 Å². The Morgan fingerprint density at radius 3 is 2.80 bits per heavy atom. The number of nitrogens with zero attached hydrogens (tertiary/aromatic N) is 2. The highest BCUT2D eigenvalue weighted by molar-refractivity contribution is 5.68. The molecular weight excluding hydrogens is 258 g/mol. The van der Waals surface area contributed by atoms with Gasteiger partial charge < -0.3 is 19.7 Å². The molecule has 1 atom stereocenters. The van der Waals surface area contributed by atoms with E-state index in [1.807, 2.05) is 4.57 Å². The lowest BCUT2D eigenvalue weighted by Crippen LogP contribution is -2.37. The van der Waals surface area contributed by atoms with Gasteiger partial charge in [-0.2, -0.15) is 0 Å². The van der Waals surface area contributed by atoms with Crippen molar-refractivity contribution in [2.24, 2.45) is 0 Å². The lowest BCUT2D eigenvalue weighted by molar-refractivity contribution is 0.0479. The van der Waals surface area contributed by atoms with E-state index in [0.717, 1.165) is 25.1 Å². The largest absolute Gasteiger partial charge is 0.444 e. The number of aliphatic hydroxyl groups excluding tert-OH is 1. The molecule has 0 aromatic carbocycles. The molecule has 6 heteroatoms. The molecule has 1 amide bonds. The molecular formula is C14H25N3O3. The molecule has 6 nitrogen and oxygen atoms in total. The molecule has 2 N–H and O–H groups in total. The number of imidazole rings is 1. The summed E-state index contributed by atoms with van der Waals surface area (Å²) >= 11 is 0. The molecule has 1 rings (SSSR count). The van der Waals surface area contributed by atoms with Crippen molar-refractivity contribution in [2.75, 3.05) is 6.61 Å². The van der Waals surface area contributed by atoms with Crippen molar-refractivity contribution in [1.29, 1.82) is 0 Å². The van der Waals surface area contributed by atoms with Gasteiger partial charge in [-0.3, -0.25) is 0 Å². The SMILES string of the molecule is CCCCn1cncc1C(CO)NC(=O)OC(C)(C)C. The van der Waals surface area contributed by atoms with E-state index in [1.165, 1.54) is 0 Å². The number of carbonyl (C=O) groups excluding carboxylic acids is 1. The van der Waals surface area contributed by atoms with Crippen LogP contribution in [0.15, 0.2) is 12.5 Å². The number of alkyl carbamates (subject to hydrolysis) is 1. The Labute approximate surface area is 120 Å². The van der Waals surface area contributed by atoms with Crippen LogP contribution < -0.4 is 5.32 Å². The molecule has 0 saturated heterocycles. The molecule has 1 unspecified atom stereocenters. The molecule has 20 heavy (non-hydrogen) atoms. The lowest BCUT2D eigenvalue weighted by atomic mass is 10.2. The predicted octanol–water partition coefficient (Wildman–Crippen LogP) is 2.24. The molecule has 1 aromatic heterocycles. The van der Waals surface area contributed by atoms with Crippen molar-refractivity contribution < 1.29 is 14.6 Å². The number of aliphatic hydroxyl groups is 1. The summed E-state index contributed by atoms with van der Waals surface area (Å²) < 4.78 is 7.14. The number of nitrogens with one attached hydrogen (secondary N) is 1. The van der Waals surface area contributed by atoms with E-state index in [-0.39, 0.29) is 6.61 Å². The van der Waals surface area contributed by atoms with E-state index in [4.69, 9.17) is 4.74 Å². The predicted molar refractivity (Wildman–Crippen MR) is 76.3 cm³/mol. The highest BCUT2D eigenvalue weighted by atomic mass is 16.6. The van der Waals surface area contributed by atoms with Crippen molar-refractivity contribution >= 4 is 6.09 Å². The third-order valence-electron chi connectivity index (χ3n) is 2.73. The Morgan fingerprint density at radius 1 is 1.55 bits per heavy atom. The minimum absolute atomic E-state index is 0.197. The molecule has 0 aliphatic heterocycles. The maximum Gasteiger partial charge on any atom is 0.408 e. The van der Waals surface area contributed by atoms with E-state index < -0.39 is 17.7 Å². The molecule has 114 valence electrons. The Bertz CT molecular complexity index is 424. The number of hydrogen-bond donors (Lipinski definition) is 2. The van der Waals surface area contributed by atoms with Gasteiger partial charge in [0.15, 0.2) is 0 Å². The van der Waals surface area contributed by atoms with Crippen molar-refractivity contribution in [3.8, 4) is 0 Å². The summed E-state index contributed by atoms with van der Waals surface area (Å²) in [5.74, 6) is 0. The smallest absolute Gasteiger partial charge is 0.408 e. The fourth-order valence-corrected chi connectivity index (χ4v) is 1.80. The van der Waals surface area contributed by atoms with Gasteiger partial charge in [-0.15, -0.1) is 0 Å². The van der Waals surface area contributed by atoms with E-state index in [2.05, 4.69) is 17.2 Å². The van der Waals surface area contributed by atoms with Crippen LogP contribution in [-0.2, 0) is 11.3 Å². The third kappa shape index (κ3) is 5.21. The quantitative estimate of drug-likeness (QED) is 0.839. The van der Waals surface area contributed by atoms with Gasteiger partial charge in [-0.25, -0.2) is 9.78 Å². The lowest BCUT2D eigenvalue weighted by Gasteiger charge is -2.23. The molecule has 0 radical (unpaired) electrons. The average molecular weight is 283 g/mol. The number of carbonyl (C=O) groups is 1. The number of hydrogen-bond acceptors (Lipinski definition) is 4. The summed E-state index contributed by atoms with van der Waals surface area (Å²) in [6, 6.07) is -0.510. The van der Waals surface area contributed by atoms with Crippen LogP contribution >= 0.6 is 0 Å². The van der Waals surface area contributed by atoms with E-state index in [1.54, 1.807) is 33.3 Å². The summed E-state index contributed by atoms with van der Waals surface area (Å²) in [4.78, 5) is 15.9. The van der Waals surface area contributed by atoms with Crippen LogP contribution in [0.3, 0.4) is 0 Å². The second kappa shape index (κ2) is 7.28. The molecule has 1 heterocycles. The normalized spacial score (nSPS) is 13.1. The van der Waals surface area contributed by atoms with Gasteiger partial charge in [0, 0.05) is 6.54 Å². The molecule has 0 aliphatic carbocycles. The van der Waals surface area contributed by atoms with Crippen LogP contribution in [-0.4, -0.2) is 33.0 Å². The van der Waals surface area contributed by atoms with Gasteiger partial charge in [0.25, 0.3) is 0 Å². The third-order valence-corrected chi connectivity index (χ3v) is 2.73. The van der Waals surface area contributed by atoms with Crippen LogP contribution in [0, 0.1) is 0 Å². The first-order valence-corrected chi connectivity index (χ1v) is 6.97. The Hall–Kier alpha value is -1.56. The van der Waals surface area contributed by atoms with E-state index in [0.29, 0.717) is 0 Å². The zero-order valence-corrected chi connectivity index (χ0v) is 12.7. The van der Waals surface area contributed by atoms with Crippen molar-refractivity contribution in [2.45, 2.75) is 58.7 Å². The second-order valence-electron chi connectivity index (χ2n) is 5.75. The summed E-state index contributed by atoms with van der Waals surface area (Å²) in [6.07, 6.45) is 4.92. The maximum absolute atomic E-state index is 11.8. The summed E-state index contributed by atoms with van der Waals surface area (Å²) in [7, 11) is 0. The van der Waals surface area contributed by atoms with Gasteiger partial charge in [-0.1, -0.05) is 13.3 Å². The van der Waals surface area contributed by atoms with E-state index in [9.17, 15) is 9.90 Å². The molecule has 0 saturated carbocycles. The zero-order chi connectivity index (χ0) is 15.2. The molecule has 0 fully saturated rings. The van der Waals surface area contributed by atoms with Gasteiger partial charge >= 0.3 is 6.09 Å². The Morgan fingerprint density at radius 2 is 2.25 bits per heavy atom. The Kier molecular flexibility index (Phi) is 6.01. The number of rotatable bonds is 6. The van der Waals surface area contributed by atoms with Crippen LogP contribution in [0.25, 0.3) is 0 Å². The second-order valence-corrected chi connectivity index (χ2v) is 5.75. The van der Waals surface area contributed by atoms with Crippen LogP contribution in [0.1, 0.15) is 52.3 Å². The summed E-state index contributed by atoms with van der Waals surface area (Å²) in [5.41, 5.74) is 0.221. The van der Waals surface area contributed by atoms with Crippen molar-refractivity contribution in [3.05, 3.63) is 18.2 Å². The van der Waals surface area contributed by atoms with Gasteiger partial charge in [0.2, 0.25) is 0 Å². The maximum atomic E-state index is 11.8. The van der Waals surface area contributed by atoms with Crippen molar-refractivity contribution in [1.82, 2.24) is 14.9 Å². The van der Waals surface area contributed by atoms with Crippen LogP contribution in [0.4, 0.5) is 4.79 Å². The Balaban J connectivity index is 2.71. The van der Waals surface area contributed by atoms with Crippen molar-refractivity contribution in [3.63, 3.8) is 0 Å². The minimum Gasteiger partial charge on any atom is -0.444 e. The fourth-order valence-electron chi connectivity index (χ4n) is 1.80.